The molecular formula is C40H47N9O4. The maximum Gasteiger partial charge on any atom is 0.270 e. The highest BCUT2D eigenvalue weighted by molar-refractivity contribution is 6.01. The fourth-order valence-corrected chi connectivity index (χ4v) is 8.74. The largest absolute Gasteiger partial charge is 0.371 e. The van der Waals surface area contributed by atoms with E-state index in [-0.39, 0.29) is 41.0 Å². The van der Waals surface area contributed by atoms with Gasteiger partial charge in [-0.25, -0.2) is 9.97 Å². The summed E-state index contributed by atoms with van der Waals surface area (Å²) in [6.07, 6.45) is 12.7. The number of anilines is 3. The van der Waals surface area contributed by atoms with Gasteiger partial charge in [0.2, 0.25) is 17.8 Å². The van der Waals surface area contributed by atoms with Crippen LogP contribution in [-0.4, -0.2) is 93.2 Å². The molecule has 4 aromatic rings. The van der Waals surface area contributed by atoms with Gasteiger partial charge in [0.1, 0.15) is 17.2 Å². The van der Waals surface area contributed by atoms with Crippen LogP contribution in [0.15, 0.2) is 54.9 Å². The Labute approximate surface area is 309 Å². The predicted octanol–water partition coefficient (Wildman–Crippen LogP) is 5.43. The van der Waals surface area contributed by atoms with Gasteiger partial charge < -0.3 is 24.6 Å². The Morgan fingerprint density at radius 1 is 0.887 bits per heavy atom. The van der Waals surface area contributed by atoms with Crippen molar-refractivity contribution in [2.24, 2.45) is 5.41 Å². The van der Waals surface area contributed by atoms with E-state index < -0.39 is 0 Å². The molecule has 13 heteroatoms. The number of pyridine rings is 1. The van der Waals surface area contributed by atoms with E-state index in [9.17, 15) is 19.2 Å². The number of imide groups is 1. The highest BCUT2D eigenvalue weighted by Gasteiger charge is 2.39. The molecule has 1 aliphatic carbocycles. The molecule has 1 saturated carbocycles. The van der Waals surface area contributed by atoms with E-state index in [1.54, 1.807) is 43.5 Å². The lowest BCUT2D eigenvalue weighted by Crippen LogP contribution is -2.48. The normalized spacial score (nSPS) is 20.5. The SMILES string of the molecule is CN(C)C(=O)c1cc2cnc(Nc3ccc(C(=O)N4CCC5(CC4)CCN(c4ccc([C@H]6CCC(=O)NC6=O)cc4)CC5)cn3)nc2n1C1CCCC1. The summed E-state index contributed by atoms with van der Waals surface area (Å²) in [5, 5.41) is 6.48. The standard InChI is InChI=1S/C40H47N9O4/c1-46(2)38(53)32-23-28-25-42-39(45-35(28)49(32)30-5-3-4-6-30)43-33-13-9-27(24-41-33)37(52)48-21-17-40(18-22-48)15-19-47(20-16-40)29-10-7-26(8-11-29)31-12-14-34(50)44-36(31)51/h7-11,13,23-25,30-31H,3-6,12,14-22H2,1-2H3,(H,44,50,51)(H,41,42,43,45)/t31-/m1/s1. The third kappa shape index (κ3) is 6.96. The molecule has 4 amide bonds. The summed E-state index contributed by atoms with van der Waals surface area (Å²) in [6.45, 7) is 3.38. The number of nitrogens with zero attached hydrogens (tertiary/aromatic N) is 7. The molecule has 6 heterocycles. The molecular weight excluding hydrogens is 670 g/mol. The van der Waals surface area contributed by atoms with Crippen LogP contribution in [0, 0.1) is 5.41 Å². The summed E-state index contributed by atoms with van der Waals surface area (Å²) in [5.41, 5.74) is 4.28. The van der Waals surface area contributed by atoms with Crippen molar-refractivity contribution in [3.05, 3.63) is 71.7 Å². The number of carbonyl (C=O) groups is 4. The number of likely N-dealkylation sites (tertiary alicyclic amines) is 1. The van der Waals surface area contributed by atoms with Crippen molar-refractivity contribution < 1.29 is 19.2 Å². The Bertz CT molecular complexity index is 2020. The lowest BCUT2D eigenvalue weighted by molar-refractivity contribution is -0.134. The monoisotopic (exact) mass is 717 g/mol. The first kappa shape index (κ1) is 34.7. The fourth-order valence-electron chi connectivity index (χ4n) is 8.74. The van der Waals surface area contributed by atoms with Crippen molar-refractivity contribution in [2.75, 3.05) is 50.5 Å². The molecule has 8 rings (SSSR count). The first-order valence-electron chi connectivity index (χ1n) is 19.0. The molecule has 2 N–H and O–H groups in total. The smallest absolute Gasteiger partial charge is 0.270 e. The Morgan fingerprint density at radius 3 is 2.26 bits per heavy atom. The summed E-state index contributed by atoms with van der Waals surface area (Å²) in [4.78, 5) is 70.3. The molecule has 0 bridgehead atoms. The minimum absolute atomic E-state index is 0.00223. The maximum absolute atomic E-state index is 13.5. The van der Waals surface area contributed by atoms with E-state index >= 15 is 0 Å². The van der Waals surface area contributed by atoms with Crippen LogP contribution in [0.3, 0.4) is 0 Å². The van der Waals surface area contributed by atoms with Gasteiger partial charge in [0.05, 0.1) is 11.5 Å². The molecule has 13 nitrogen and oxygen atoms in total. The molecule has 3 aromatic heterocycles. The molecule has 4 fully saturated rings. The number of piperidine rings is 3. The molecule has 3 aliphatic heterocycles. The number of fused-ring (bicyclic) bond motifs is 1. The van der Waals surface area contributed by atoms with Gasteiger partial charge in [-0.1, -0.05) is 25.0 Å². The lowest BCUT2D eigenvalue weighted by Gasteiger charge is -2.47. The molecule has 1 atom stereocenters. The summed E-state index contributed by atoms with van der Waals surface area (Å²) < 4.78 is 2.09. The van der Waals surface area contributed by atoms with Crippen molar-refractivity contribution in [1.29, 1.82) is 0 Å². The van der Waals surface area contributed by atoms with E-state index in [0.717, 1.165) is 99.8 Å². The quantitative estimate of drug-likeness (QED) is 0.239. The fraction of sp³-hybridized carbons (Fsp3) is 0.475. The average molecular weight is 718 g/mol. The van der Waals surface area contributed by atoms with E-state index in [1.165, 1.54) is 0 Å². The highest BCUT2D eigenvalue weighted by atomic mass is 16.2. The number of rotatable bonds is 7. The summed E-state index contributed by atoms with van der Waals surface area (Å²) in [7, 11) is 3.53. The number of hydrogen-bond donors (Lipinski definition) is 2. The van der Waals surface area contributed by atoms with E-state index in [2.05, 4.69) is 42.2 Å². The number of benzene rings is 1. The van der Waals surface area contributed by atoms with Gasteiger partial charge in [-0.3, -0.25) is 24.5 Å². The zero-order valence-electron chi connectivity index (χ0n) is 30.5. The van der Waals surface area contributed by atoms with Gasteiger partial charge in [-0.15, -0.1) is 0 Å². The highest BCUT2D eigenvalue weighted by Crippen LogP contribution is 2.43. The van der Waals surface area contributed by atoms with Gasteiger partial charge in [-0.2, -0.15) is 4.98 Å². The molecule has 276 valence electrons. The minimum atomic E-state index is -0.267. The topological polar surface area (TPSA) is 146 Å². The third-order valence-corrected chi connectivity index (χ3v) is 12.0. The van der Waals surface area contributed by atoms with Crippen LogP contribution < -0.4 is 15.5 Å². The first-order chi connectivity index (χ1) is 25.7. The van der Waals surface area contributed by atoms with Crippen molar-refractivity contribution in [3.63, 3.8) is 0 Å². The van der Waals surface area contributed by atoms with E-state index in [1.807, 2.05) is 23.1 Å². The first-order valence-corrected chi connectivity index (χ1v) is 19.0. The number of nitrogens with one attached hydrogen (secondary N) is 2. The van der Waals surface area contributed by atoms with Crippen LogP contribution in [0.1, 0.15) is 103 Å². The molecule has 1 aromatic carbocycles. The zero-order chi connectivity index (χ0) is 36.7. The Balaban J connectivity index is 0.857. The van der Waals surface area contributed by atoms with Gasteiger partial charge in [0.25, 0.3) is 11.8 Å². The van der Waals surface area contributed by atoms with Crippen molar-refractivity contribution >= 4 is 52.1 Å². The lowest BCUT2D eigenvalue weighted by atomic mass is 9.71. The summed E-state index contributed by atoms with van der Waals surface area (Å²) in [5.74, 6) is 0.217. The second-order valence-corrected chi connectivity index (χ2v) is 15.4. The molecule has 4 aliphatic rings. The number of hydrogen-bond acceptors (Lipinski definition) is 9. The predicted molar refractivity (Wildman–Crippen MR) is 201 cm³/mol. The number of aromatic nitrogens is 4. The van der Waals surface area contributed by atoms with Crippen LogP contribution in [0.4, 0.5) is 17.5 Å². The van der Waals surface area contributed by atoms with Gasteiger partial charge in [0, 0.05) is 76.2 Å². The minimum Gasteiger partial charge on any atom is -0.371 e. The zero-order valence-corrected chi connectivity index (χ0v) is 30.5. The van der Waals surface area contributed by atoms with E-state index in [0.29, 0.717) is 35.9 Å². The molecule has 1 spiro atoms. The maximum atomic E-state index is 13.5. The Kier molecular flexibility index (Phi) is 9.34. The number of amides is 4. The van der Waals surface area contributed by atoms with Crippen molar-refractivity contribution in [3.8, 4) is 0 Å². The van der Waals surface area contributed by atoms with Crippen LogP contribution >= 0.6 is 0 Å². The summed E-state index contributed by atoms with van der Waals surface area (Å²) in [6, 6.07) is 13.9. The molecule has 3 saturated heterocycles. The molecule has 0 radical (unpaired) electrons. The van der Waals surface area contributed by atoms with Crippen LogP contribution in [0.25, 0.3) is 11.0 Å². The van der Waals surface area contributed by atoms with Gasteiger partial charge >= 0.3 is 0 Å². The second kappa shape index (κ2) is 14.2. The van der Waals surface area contributed by atoms with Crippen LogP contribution in [-0.2, 0) is 9.59 Å². The average Bonchev–Trinajstić information content (AvgIpc) is 3.84. The second-order valence-electron chi connectivity index (χ2n) is 15.4. The summed E-state index contributed by atoms with van der Waals surface area (Å²) >= 11 is 0. The van der Waals surface area contributed by atoms with Crippen LogP contribution in [0.5, 0.6) is 0 Å². The Morgan fingerprint density at radius 2 is 1.60 bits per heavy atom. The van der Waals surface area contributed by atoms with Crippen molar-refractivity contribution in [1.82, 2.24) is 34.6 Å². The van der Waals surface area contributed by atoms with Gasteiger partial charge in [-0.05, 0) is 86.3 Å². The van der Waals surface area contributed by atoms with Crippen molar-refractivity contribution in [2.45, 2.75) is 76.2 Å². The van der Waals surface area contributed by atoms with E-state index in [4.69, 9.17) is 4.98 Å². The molecule has 53 heavy (non-hydrogen) atoms. The van der Waals surface area contributed by atoms with Gasteiger partial charge in [0.15, 0.2) is 0 Å². The third-order valence-electron chi connectivity index (χ3n) is 12.0. The van der Waals surface area contributed by atoms with Crippen LogP contribution in [0.2, 0.25) is 0 Å². The molecule has 0 unspecified atom stereocenters. The Hall–Kier alpha value is -5.33. The number of carbonyl (C=O) groups excluding carboxylic acids is 4.